The fraction of sp³-hybridized carbons (Fsp3) is 0.391. The Morgan fingerprint density at radius 2 is 1.91 bits per heavy atom. The first kappa shape index (κ1) is 20.3. The van der Waals surface area contributed by atoms with Crippen molar-refractivity contribution in [3.8, 4) is 22.9 Å². The number of aryl methyl sites for hydroxylation is 1. The highest BCUT2D eigenvalue weighted by molar-refractivity contribution is 5.63. The fourth-order valence-electron chi connectivity index (χ4n) is 4.58. The lowest BCUT2D eigenvalue weighted by Gasteiger charge is -2.41. The molecule has 5 rings (SSSR count). The second-order valence-corrected chi connectivity index (χ2v) is 8.03. The molecule has 5 heterocycles. The summed E-state index contributed by atoms with van der Waals surface area (Å²) in [5.74, 6) is 3.32. The fourth-order valence-corrected chi connectivity index (χ4v) is 4.58. The van der Waals surface area contributed by atoms with Crippen molar-refractivity contribution in [3.63, 3.8) is 0 Å². The van der Waals surface area contributed by atoms with Crippen molar-refractivity contribution in [2.24, 2.45) is 0 Å². The van der Waals surface area contributed by atoms with Gasteiger partial charge in [0, 0.05) is 30.2 Å². The summed E-state index contributed by atoms with van der Waals surface area (Å²) in [5, 5.41) is 8.89. The SMILES string of the molecule is CCC(CC)N1c2nc(-n3cnc(-c4cccnc4)c3)ncc2-n2c(C)nnc2[C@H]1CC. The minimum Gasteiger partial charge on any atom is -0.341 e. The Morgan fingerprint density at radius 1 is 1.06 bits per heavy atom. The topological polar surface area (TPSA) is 90.4 Å². The Labute approximate surface area is 187 Å². The zero-order valence-electron chi connectivity index (χ0n) is 18.8. The molecule has 1 aliphatic rings. The van der Waals surface area contributed by atoms with E-state index in [9.17, 15) is 0 Å². The van der Waals surface area contributed by atoms with E-state index >= 15 is 0 Å². The van der Waals surface area contributed by atoms with Gasteiger partial charge in [-0.05, 0) is 38.3 Å². The summed E-state index contributed by atoms with van der Waals surface area (Å²) in [5.41, 5.74) is 2.72. The number of imidazole rings is 1. The molecular weight excluding hydrogens is 402 g/mol. The van der Waals surface area contributed by atoms with Crippen molar-refractivity contribution in [2.75, 3.05) is 4.90 Å². The molecule has 0 radical (unpaired) electrons. The highest BCUT2D eigenvalue weighted by Gasteiger charge is 2.37. The van der Waals surface area contributed by atoms with Gasteiger partial charge < -0.3 is 4.90 Å². The largest absolute Gasteiger partial charge is 0.341 e. The van der Waals surface area contributed by atoms with E-state index in [1.165, 1.54) is 0 Å². The molecule has 0 spiro atoms. The van der Waals surface area contributed by atoms with Crippen LogP contribution in [0.25, 0.3) is 22.9 Å². The number of pyridine rings is 1. The Balaban J connectivity index is 1.64. The molecular formula is C23H27N9. The lowest BCUT2D eigenvalue weighted by atomic mass is 10.0. The van der Waals surface area contributed by atoms with Gasteiger partial charge in [-0.3, -0.25) is 14.1 Å². The molecule has 9 nitrogen and oxygen atoms in total. The average Bonchev–Trinajstić information content (AvgIpc) is 3.48. The molecule has 0 unspecified atom stereocenters. The van der Waals surface area contributed by atoms with Gasteiger partial charge in [0.25, 0.3) is 0 Å². The molecule has 9 heteroatoms. The van der Waals surface area contributed by atoms with E-state index in [1.807, 2.05) is 36.0 Å². The van der Waals surface area contributed by atoms with Gasteiger partial charge in [-0.2, -0.15) is 4.98 Å². The maximum absolute atomic E-state index is 5.05. The van der Waals surface area contributed by atoms with Gasteiger partial charge in [0.1, 0.15) is 17.8 Å². The van der Waals surface area contributed by atoms with Crippen LogP contribution in [0.3, 0.4) is 0 Å². The number of nitrogens with zero attached hydrogens (tertiary/aromatic N) is 9. The van der Waals surface area contributed by atoms with Crippen molar-refractivity contribution in [3.05, 3.63) is 54.9 Å². The van der Waals surface area contributed by atoms with E-state index in [1.54, 1.807) is 18.7 Å². The van der Waals surface area contributed by atoms with Crippen molar-refractivity contribution in [1.29, 1.82) is 0 Å². The summed E-state index contributed by atoms with van der Waals surface area (Å²) in [6.45, 7) is 8.62. The number of aromatic nitrogens is 8. The Hall–Kier alpha value is -3.62. The molecule has 4 aromatic heterocycles. The average molecular weight is 430 g/mol. The minimum atomic E-state index is 0.116. The zero-order chi connectivity index (χ0) is 22.2. The molecule has 0 amide bonds. The normalized spacial score (nSPS) is 15.2. The maximum atomic E-state index is 5.05. The number of fused-ring (bicyclic) bond motifs is 3. The van der Waals surface area contributed by atoms with Crippen LogP contribution >= 0.6 is 0 Å². The number of rotatable bonds is 6. The van der Waals surface area contributed by atoms with Crippen LogP contribution in [0.2, 0.25) is 0 Å². The van der Waals surface area contributed by atoms with Gasteiger partial charge in [0.05, 0.1) is 17.9 Å². The molecule has 1 aliphatic heterocycles. The van der Waals surface area contributed by atoms with Gasteiger partial charge in [-0.1, -0.05) is 20.8 Å². The third-order valence-electron chi connectivity index (χ3n) is 6.20. The van der Waals surface area contributed by atoms with Gasteiger partial charge in [0.15, 0.2) is 11.6 Å². The standard InChI is InChI=1S/C23H27N9/c1-5-17(6-2)32-19(7-3)22-29-28-15(4)31(22)20-12-25-23(27-21(20)32)30-13-18(26-14-30)16-9-8-10-24-11-16/h8-14,17,19H,5-7H2,1-4H3/t19-/m1/s1. The smallest absolute Gasteiger partial charge is 0.237 e. The lowest BCUT2D eigenvalue weighted by Crippen LogP contribution is -2.43. The summed E-state index contributed by atoms with van der Waals surface area (Å²) in [4.78, 5) is 20.9. The summed E-state index contributed by atoms with van der Waals surface area (Å²) in [6, 6.07) is 4.36. The first-order chi connectivity index (χ1) is 15.7. The van der Waals surface area contributed by atoms with Crippen LogP contribution in [0.1, 0.15) is 57.7 Å². The predicted octanol–water partition coefficient (Wildman–Crippen LogP) is 4.07. The number of anilines is 1. The Bertz CT molecular complexity index is 1220. The third-order valence-corrected chi connectivity index (χ3v) is 6.20. The number of hydrogen-bond acceptors (Lipinski definition) is 7. The summed E-state index contributed by atoms with van der Waals surface area (Å²) in [7, 11) is 0. The first-order valence-electron chi connectivity index (χ1n) is 11.2. The van der Waals surface area contributed by atoms with Crippen LogP contribution in [0.15, 0.2) is 43.2 Å². The molecule has 32 heavy (non-hydrogen) atoms. The van der Waals surface area contributed by atoms with Gasteiger partial charge >= 0.3 is 0 Å². The first-order valence-corrected chi connectivity index (χ1v) is 11.2. The molecule has 0 N–H and O–H groups in total. The zero-order valence-corrected chi connectivity index (χ0v) is 18.8. The summed E-state index contributed by atoms with van der Waals surface area (Å²) in [6.07, 6.45) is 12.1. The molecule has 4 aromatic rings. The van der Waals surface area contributed by atoms with Crippen LogP contribution in [0, 0.1) is 6.92 Å². The molecule has 0 fully saturated rings. The Kier molecular flexibility index (Phi) is 5.16. The van der Waals surface area contributed by atoms with E-state index < -0.39 is 0 Å². The second kappa shape index (κ2) is 8.14. The predicted molar refractivity (Wildman–Crippen MR) is 122 cm³/mol. The van der Waals surface area contributed by atoms with Gasteiger partial charge in [-0.25, -0.2) is 9.97 Å². The van der Waals surface area contributed by atoms with E-state index in [4.69, 9.17) is 4.98 Å². The molecule has 0 bridgehead atoms. The van der Waals surface area contributed by atoms with E-state index in [0.29, 0.717) is 12.0 Å². The van der Waals surface area contributed by atoms with Gasteiger partial charge in [0.2, 0.25) is 5.95 Å². The van der Waals surface area contributed by atoms with Crippen molar-refractivity contribution < 1.29 is 0 Å². The van der Waals surface area contributed by atoms with Crippen LogP contribution in [0.5, 0.6) is 0 Å². The van der Waals surface area contributed by atoms with Crippen LogP contribution in [0.4, 0.5) is 5.82 Å². The molecule has 0 saturated carbocycles. The van der Waals surface area contributed by atoms with Crippen molar-refractivity contribution in [1.82, 2.24) is 39.3 Å². The van der Waals surface area contributed by atoms with Crippen LogP contribution in [-0.4, -0.2) is 45.3 Å². The minimum absolute atomic E-state index is 0.116. The van der Waals surface area contributed by atoms with Gasteiger partial charge in [-0.15, -0.1) is 10.2 Å². The highest BCUT2D eigenvalue weighted by Crippen LogP contribution is 2.41. The quantitative estimate of drug-likeness (QED) is 0.456. The molecule has 0 saturated heterocycles. The van der Waals surface area contributed by atoms with Crippen molar-refractivity contribution in [2.45, 2.75) is 59.0 Å². The molecule has 1 atom stereocenters. The van der Waals surface area contributed by atoms with E-state index in [0.717, 1.165) is 53.7 Å². The van der Waals surface area contributed by atoms with E-state index in [2.05, 4.69) is 55.4 Å². The third kappa shape index (κ3) is 3.16. The lowest BCUT2D eigenvalue weighted by molar-refractivity contribution is 0.446. The van der Waals surface area contributed by atoms with E-state index in [-0.39, 0.29) is 6.04 Å². The number of hydrogen-bond donors (Lipinski definition) is 0. The second-order valence-electron chi connectivity index (χ2n) is 8.03. The highest BCUT2D eigenvalue weighted by atomic mass is 15.4. The molecule has 0 aliphatic carbocycles. The Morgan fingerprint density at radius 3 is 2.62 bits per heavy atom. The summed E-state index contributed by atoms with van der Waals surface area (Å²) < 4.78 is 3.96. The molecule has 164 valence electrons. The summed E-state index contributed by atoms with van der Waals surface area (Å²) >= 11 is 0. The van der Waals surface area contributed by atoms with Crippen LogP contribution < -0.4 is 4.90 Å². The maximum Gasteiger partial charge on any atom is 0.237 e. The molecule has 0 aromatic carbocycles. The van der Waals surface area contributed by atoms with Crippen LogP contribution in [-0.2, 0) is 0 Å². The van der Waals surface area contributed by atoms with Crippen molar-refractivity contribution >= 4 is 5.82 Å². The monoisotopic (exact) mass is 429 g/mol.